The van der Waals surface area contributed by atoms with E-state index in [1.807, 2.05) is 32.0 Å². The van der Waals surface area contributed by atoms with Crippen molar-refractivity contribution in [2.24, 2.45) is 0 Å². The van der Waals surface area contributed by atoms with E-state index in [1.54, 1.807) is 6.92 Å². The van der Waals surface area contributed by atoms with Gasteiger partial charge in [0, 0.05) is 21.8 Å². The lowest BCUT2D eigenvalue weighted by Gasteiger charge is -2.12. The molecule has 0 aromatic heterocycles. The number of nitrogens with one attached hydrogen (secondary N) is 2. The average Bonchev–Trinajstić information content (AvgIpc) is 2.57. The largest absolute Gasteiger partial charge is 0.322 e. The van der Waals surface area contributed by atoms with Crippen LogP contribution in [0.2, 0.25) is 0 Å². The van der Waals surface area contributed by atoms with E-state index in [0.29, 0.717) is 17.7 Å². The van der Waals surface area contributed by atoms with Crippen LogP contribution in [0.25, 0.3) is 0 Å². The molecule has 0 saturated heterocycles. The van der Waals surface area contributed by atoms with Crippen molar-refractivity contribution in [1.82, 2.24) is 4.72 Å². The van der Waals surface area contributed by atoms with E-state index in [1.165, 1.54) is 24.3 Å². The van der Waals surface area contributed by atoms with Gasteiger partial charge in [0.2, 0.25) is 10.0 Å². The van der Waals surface area contributed by atoms with Gasteiger partial charge in [-0.05, 0) is 68.3 Å². The Morgan fingerprint density at radius 1 is 1.16 bits per heavy atom. The molecule has 5 nitrogen and oxygen atoms in total. The third-order valence-corrected chi connectivity index (χ3v) is 5.93. The summed E-state index contributed by atoms with van der Waals surface area (Å²) in [7, 11) is -3.57. The Kier molecular flexibility index (Phi) is 6.37. The van der Waals surface area contributed by atoms with Crippen molar-refractivity contribution in [2.75, 3.05) is 5.32 Å². The second kappa shape index (κ2) is 8.12. The molecule has 7 heteroatoms. The quantitative estimate of drug-likeness (QED) is 0.732. The van der Waals surface area contributed by atoms with Gasteiger partial charge in [0.1, 0.15) is 0 Å². The van der Waals surface area contributed by atoms with Gasteiger partial charge < -0.3 is 5.32 Å². The summed E-state index contributed by atoms with van der Waals surface area (Å²) in [6.45, 7) is 5.61. The lowest BCUT2D eigenvalue weighted by atomic mass is 10.1. The molecule has 0 aliphatic heterocycles. The molecule has 0 bridgehead atoms. The molecular weight excluding hydrogens is 404 g/mol. The molecule has 1 unspecified atom stereocenters. The number of rotatable bonds is 6. The zero-order valence-electron chi connectivity index (χ0n) is 14.3. The molecule has 0 spiro atoms. The van der Waals surface area contributed by atoms with Crippen LogP contribution in [-0.4, -0.2) is 20.4 Å². The molecule has 0 radical (unpaired) electrons. The van der Waals surface area contributed by atoms with Gasteiger partial charge >= 0.3 is 0 Å². The van der Waals surface area contributed by atoms with E-state index in [-0.39, 0.29) is 16.8 Å². The maximum absolute atomic E-state index is 12.3. The summed E-state index contributed by atoms with van der Waals surface area (Å²) >= 11 is 3.38. The summed E-state index contributed by atoms with van der Waals surface area (Å²) in [6, 6.07) is 11.3. The van der Waals surface area contributed by atoms with Gasteiger partial charge in [-0.2, -0.15) is 0 Å². The topological polar surface area (TPSA) is 75.3 Å². The highest BCUT2D eigenvalue weighted by atomic mass is 79.9. The molecule has 1 amide bonds. The number of anilines is 1. The van der Waals surface area contributed by atoms with Gasteiger partial charge in [0.25, 0.3) is 5.91 Å². The van der Waals surface area contributed by atoms with Gasteiger partial charge in [0.05, 0.1) is 4.90 Å². The van der Waals surface area contributed by atoms with Crippen LogP contribution in [0.5, 0.6) is 0 Å². The van der Waals surface area contributed by atoms with Gasteiger partial charge in [0.15, 0.2) is 0 Å². The monoisotopic (exact) mass is 424 g/mol. The maximum atomic E-state index is 12.3. The first-order valence-corrected chi connectivity index (χ1v) is 10.2. The van der Waals surface area contributed by atoms with Gasteiger partial charge in [-0.15, -0.1) is 0 Å². The van der Waals surface area contributed by atoms with Crippen molar-refractivity contribution in [3.63, 3.8) is 0 Å². The Labute approximate surface area is 157 Å². The number of halogens is 1. The minimum absolute atomic E-state index is 0.143. The summed E-state index contributed by atoms with van der Waals surface area (Å²) in [6.07, 6.45) is 0.701. The summed E-state index contributed by atoms with van der Waals surface area (Å²) in [5, 5.41) is 2.83. The van der Waals surface area contributed by atoms with Crippen LogP contribution in [0, 0.1) is 6.92 Å². The fourth-order valence-electron chi connectivity index (χ4n) is 2.16. The predicted octanol–water partition coefficient (Wildman–Crippen LogP) is 4.09. The number of carbonyl (C=O) groups excluding carboxylic acids is 1. The highest BCUT2D eigenvalue weighted by Crippen LogP contribution is 2.21. The molecule has 25 heavy (non-hydrogen) atoms. The predicted molar refractivity (Wildman–Crippen MR) is 103 cm³/mol. The smallest absolute Gasteiger partial charge is 0.255 e. The van der Waals surface area contributed by atoms with Crippen LogP contribution in [0.4, 0.5) is 5.69 Å². The standard InChI is InChI=1S/C18H21BrN2O3S/c1-4-13(3)21-25(23,24)16-8-5-14(6-9-16)18(22)20-17-10-7-15(19)11-12(17)2/h5-11,13,21H,4H2,1-3H3,(H,20,22). The van der Waals surface area contributed by atoms with Crippen LogP contribution in [0.3, 0.4) is 0 Å². The molecule has 0 heterocycles. The Morgan fingerprint density at radius 2 is 1.80 bits per heavy atom. The van der Waals surface area contributed by atoms with E-state index in [4.69, 9.17) is 0 Å². The molecule has 2 N–H and O–H groups in total. The van der Waals surface area contributed by atoms with Crippen LogP contribution >= 0.6 is 15.9 Å². The second-order valence-corrected chi connectivity index (χ2v) is 8.50. The molecule has 2 aromatic carbocycles. The van der Waals surface area contributed by atoms with Gasteiger partial charge in [-0.3, -0.25) is 4.79 Å². The van der Waals surface area contributed by atoms with Crippen LogP contribution in [0.1, 0.15) is 36.2 Å². The van der Waals surface area contributed by atoms with Crippen LogP contribution < -0.4 is 10.0 Å². The van der Waals surface area contributed by atoms with Gasteiger partial charge in [-0.25, -0.2) is 13.1 Å². The molecule has 0 fully saturated rings. The minimum atomic E-state index is -3.57. The minimum Gasteiger partial charge on any atom is -0.322 e. The SMILES string of the molecule is CCC(C)NS(=O)(=O)c1ccc(C(=O)Nc2ccc(Br)cc2C)cc1. The third kappa shape index (κ3) is 5.14. The summed E-state index contributed by atoms with van der Waals surface area (Å²) in [4.78, 5) is 12.5. The normalized spacial score (nSPS) is 12.6. The second-order valence-electron chi connectivity index (χ2n) is 5.87. The highest BCUT2D eigenvalue weighted by molar-refractivity contribution is 9.10. The number of amides is 1. The average molecular weight is 425 g/mol. The van der Waals surface area contributed by atoms with Crippen molar-refractivity contribution >= 4 is 37.5 Å². The highest BCUT2D eigenvalue weighted by Gasteiger charge is 2.17. The molecule has 0 saturated carbocycles. The number of aryl methyl sites for hydroxylation is 1. The molecule has 0 aliphatic rings. The molecule has 0 aliphatic carbocycles. The number of sulfonamides is 1. The molecule has 134 valence electrons. The Morgan fingerprint density at radius 3 is 2.36 bits per heavy atom. The molecule has 2 aromatic rings. The van der Waals surface area contributed by atoms with E-state index >= 15 is 0 Å². The van der Waals surface area contributed by atoms with Crippen LogP contribution in [0.15, 0.2) is 51.8 Å². The third-order valence-electron chi connectivity index (χ3n) is 3.83. The summed E-state index contributed by atoms with van der Waals surface area (Å²) < 4.78 is 28.0. The number of hydrogen-bond acceptors (Lipinski definition) is 3. The van der Waals surface area contributed by atoms with E-state index < -0.39 is 10.0 Å². The van der Waals surface area contributed by atoms with Gasteiger partial charge in [-0.1, -0.05) is 22.9 Å². The van der Waals surface area contributed by atoms with E-state index in [9.17, 15) is 13.2 Å². The fourth-order valence-corrected chi connectivity index (χ4v) is 3.97. The van der Waals surface area contributed by atoms with E-state index in [0.717, 1.165) is 10.0 Å². The van der Waals surface area contributed by atoms with Crippen LogP contribution in [-0.2, 0) is 10.0 Å². The Balaban J connectivity index is 2.15. The number of benzene rings is 2. The fraction of sp³-hybridized carbons (Fsp3) is 0.278. The molecule has 1 atom stereocenters. The van der Waals surface area contributed by atoms with Crippen molar-refractivity contribution in [2.45, 2.75) is 38.1 Å². The maximum Gasteiger partial charge on any atom is 0.255 e. The first-order valence-electron chi connectivity index (χ1n) is 7.93. The Bertz CT molecular complexity index is 864. The lowest BCUT2D eigenvalue weighted by molar-refractivity contribution is 0.102. The van der Waals surface area contributed by atoms with Crippen molar-refractivity contribution in [3.8, 4) is 0 Å². The summed E-state index contributed by atoms with van der Waals surface area (Å²) in [5.41, 5.74) is 2.04. The lowest BCUT2D eigenvalue weighted by Crippen LogP contribution is -2.32. The first-order chi connectivity index (χ1) is 11.7. The van der Waals surface area contributed by atoms with E-state index in [2.05, 4.69) is 26.0 Å². The van der Waals surface area contributed by atoms with Crippen molar-refractivity contribution in [3.05, 3.63) is 58.1 Å². The number of hydrogen-bond donors (Lipinski definition) is 2. The zero-order chi connectivity index (χ0) is 18.6. The first kappa shape index (κ1) is 19.6. The molecule has 2 rings (SSSR count). The van der Waals surface area contributed by atoms with Crippen molar-refractivity contribution in [1.29, 1.82) is 0 Å². The zero-order valence-corrected chi connectivity index (χ0v) is 16.7. The van der Waals surface area contributed by atoms with Crippen molar-refractivity contribution < 1.29 is 13.2 Å². The Hall–Kier alpha value is -1.70. The number of carbonyl (C=O) groups is 1. The molecular formula is C18H21BrN2O3S. The summed E-state index contributed by atoms with van der Waals surface area (Å²) in [5.74, 6) is -0.288.